The van der Waals surface area contributed by atoms with Gasteiger partial charge in [-0.1, -0.05) is 0 Å². The van der Waals surface area contributed by atoms with Crippen molar-refractivity contribution in [1.82, 2.24) is 14.5 Å². The molecule has 2 rings (SSSR count). The van der Waals surface area contributed by atoms with Crippen LogP contribution in [0.4, 0.5) is 4.39 Å². The van der Waals surface area contributed by atoms with Gasteiger partial charge in [0.1, 0.15) is 0 Å². The number of nitrogens with one attached hydrogen (secondary N) is 1. The molecular weight excluding hydrogens is 297 g/mol. The number of halogens is 1. The van der Waals surface area contributed by atoms with E-state index >= 15 is 0 Å². The largest absolute Gasteiger partial charge is 0.494 e. The Morgan fingerprint density at radius 3 is 2.76 bits per heavy atom. The van der Waals surface area contributed by atoms with E-state index in [0.29, 0.717) is 6.42 Å². The molecule has 0 atom stereocenters. The highest BCUT2D eigenvalue weighted by molar-refractivity contribution is 7.89. The first-order valence-corrected chi connectivity index (χ1v) is 7.71. The van der Waals surface area contributed by atoms with Crippen LogP contribution >= 0.6 is 0 Å². The van der Waals surface area contributed by atoms with Gasteiger partial charge in [0.2, 0.25) is 10.0 Å². The molecule has 0 saturated heterocycles. The number of aromatic nitrogens is 2. The quantitative estimate of drug-likeness (QED) is 0.866. The summed E-state index contributed by atoms with van der Waals surface area (Å²) < 4.78 is 46.4. The van der Waals surface area contributed by atoms with Gasteiger partial charge in [-0.05, 0) is 30.2 Å². The Hall–Kier alpha value is -1.93. The van der Waals surface area contributed by atoms with Crippen molar-refractivity contribution in [3.63, 3.8) is 0 Å². The lowest BCUT2D eigenvalue weighted by molar-refractivity contribution is 0.385. The monoisotopic (exact) mass is 313 g/mol. The molecule has 2 aromatic rings. The van der Waals surface area contributed by atoms with E-state index in [-0.39, 0.29) is 17.2 Å². The number of nitrogens with zero attached hydrogens (tertiary/aromatic N) is 2. The van der Waals surface area contributed by atoms with Crippen molar-refractivity contribution in [3.8, 4) is 5.75 Å². The Morgan fingerprint density at radius 2 is 2.19 bits per heavy atom. The average Bonchev–Trinajstić information content (AvgIpc) is 2.84. The fourth-order valence-corrected chi connectivity index (χ4v) is 2.87. The number of methoxy groups -OCH3 is 1. The number of hydrogen-bond acceptors (Lipinski definition) is 4. The molecule has 1 aromatic carbocycles. The molecule has 8 heteroatoms. The van der Waals surface area contributed by atoms with Crippen molar-refractivity contribution < 1.29 is 17.5 Å². The van der Waals surface area contributed by atoms with Gasteiger partial charge in [0.05, 0.1) is 18.2 Å². The van der Waals surface area contributed by atoms with Gasteiger partial charge in [0, 0.05) is 19.8 Å². The predicted molar refractivity (Wildman–Crippen MR) is 75.1 cm³/mol. The maximum atomic E-state index is 13.5. The van der Waals surface area contributed by atoms with E-state index < -0.39 is 15.8 Å². The number of aryl methyl sites for hydroxylation is 1. The molecule has 0 aliphatic heterocycles. The highest BCUT2D eigenvalue weighted by Gasteiger charge is 2.16. The predicted octanol–water partition coefficient (Wildman–Crippen LogP) is 1.09. The Kier molecular flexibility index (Phi) is 4.59. The summed E-state index contributed by atoms with van der Waals surface area (Å²) in [4.78, 5) is -0.132. The first-order chi connectivity index (χ1) is 9.92. The van der Waals surface area contributed by atoms with Crippen LogP contribution < -0.4 is 9.46 Å². The van der Waals surface area contributed by atoms with Gasteiger partial charge >= 0.3 is 0 Å². The highest BCUT2D eigenvalue weighted by atomic mass is 32.2. The molecule has 0 spiro atoms. The summed E-state index contributed by atoms with van der Waals surface area (Å²) in [5.74, 6) is -0.711. The minimum atomic E-state index is -3.74. The van der Waals surface area contributed by atoms with E-state index in [1.54, 1.807) is 24.1 Å². The molecular formula is C13H16FN3O3S. The zero-order chi connectivity index (χ0) is 15.5. The Morgan fingerprint density at radius 1 is 1.43 bits per heavy atom. The summed E-state index contributed by atoms with van der Waals surface area (Å²) in [5.41, 5.74) is 0.918. The van der Waals surface area contributed by atoms with Gasteiger partial charge in [-0.3, -0.25) is 4.68 Å². The normalized spacial score (nSPS) is 11.6. The summed E-state index contributed by atoms with van der Waals surface area (Å²) in [7, 11) is -0.640. The van der Waals surface area contributed by atoms with Crippen molar-refractivity contribution in [2.24, 2.45) is 7.05 Å². The molecule has 0 aliphatic rings. The fraction of sp³-hybridized carbons (Fsp3) is 0.308. The van der Waals surface area contributed by atoms with Crippen LogP contribution in [0.25, 0.3) is 0 Å². The third kappa shape index (κ3) is 3.79. The standard InChI is InChI=1S/C13H16FN3O3S/c1-17-9-10(8-15-17)5-6-16-21(18,19)11-3-4-13(20-2)12(14)7-11/h3-4,7-9,16H,5-6H2,1-2H3. The molecule has 0 aliphatic carbocycles. The lowest BCUT2D eigenvalue weighted by Gasteiger charge is -2.08. The molecule has 0 amide bonds. The number of ether oxygens (including phenoxy) is 1. The van der Waals surface area contributed by atoms with Gasteiger partial charge in [0.25, 0.3) is 0 Å². The first kappa shape index (κ1) is 15.5. The minimum absolute atomic E-state index is 0.00399. The lowest BCUT2D eigenvalue weighted by Crippen LogP contribution is -2.26. The van der Waals surface area contributed by atoms with Crippen molar-refractivity contribution >= 4 is 10.0 Å². The number of benzene rings is 1. The third-order valence-corrected chi connectivity index (χ3v) is 4.36. The van der Waals surface area contributed by atoms with E-state index in [1.165, 1.54) is 19.2 Å². The van der Waals surface area contributed by atoms with Gasteiger partial charge in [-0.2, -0.15) is 5.10 Å². The van der Waals surface area contributed by atoms with E-state index in [2.05, 4.69) is 9.82 Å². The molecule has 114 valence electrons. The number of sulfonamides is 1. The highest BCUT2D eigenvalue weighted by Crippen LogP contribution is 2.20. The van der Waals surface area contributed by atoms with E-state index in [4.69, 9.17) is 4.74 Å². The SMILES string of the molecule is COc1ccc(S(=O)(=O)NCCc2cnn(C)c2)cc1F. The fourth-order valence-electron chi connectivity index (χ4n) is 1.83. The zero-order valence-corrected chi connectivity index (χ0v) is 12.5. The van der Waals surface area contributed by atoms with Gasteiger partial charge in [-0.15, -0.1) is 0 Å². The van der Waals surface area contributed by atoms with E-state index in [0.717, 1.165) is 11.6 Å². The maximum absolute atomic E-state index is 13.5. The second-order valence-electron chi connectivity index (χ2n) is 4.47. The van der Waals surface area contributed by atoms with Crippen molar-refractivity contribution in [3.05, 3.63) is 42.0 Å². The van der Waals surface area contributed by atoms with E-state index in [1.807, 2.05) is 0 Å². The summed E-state index contributed by atoms with van der Waals surface area (Å²) in [6.07, 6.45) is 3.98. The number of hydrogen-bond donors (Lipinski definition) is 1. The van der Waals surface area contributed by atoms with Crippen LogP contribution in [0.15, 0.2) is 35.5 Å². The summed E-state index contributed by atoms with van der Waals surface area (Å²) in [6, 6.07) is 3.52. The average molecular weight is 313 g/mol. The van der Waals surface area contributed by atoms with Crippen LogP contribution in [0, 0.1) is 5.82 Å². The molecule has 0 bridgehead atoms. The van der Waals surface area contributed by atoms with Gasteiger partial charge < -0.3 is 4.74 Å². The van der Waals surface area contributed by atoms with Crippen LogP contribution in [0.3, 0.4) is 0 Å². The molecule has 0 radical (unpaired) electrons. The Balaban J connectivity index is 2.02. The minimum Gasteiger partial charge on any atom is -0.494 e. The van der Waals surface area contributed by atoms with Crippen molar-refractivity contribution in [2.45, 2.75) is 11.3 Å². The summed E-state index contributed by atoms with van der Waals surface area (Å²) >= 11 is 0. The van der Waals surface area contributed by atoms with Gasteiger partial charge in [0.15, 0.2) is 11.6 Å². The maximum Gasteiger partial charge on any atom is 0.240 e. The summed E-state index contributed by atoms with van der Waals surface area (Å²) in [6.45, 7) is 0.210. The molecule has 6 nitrogen and oxygen atoms in total. The molecule has 1 heterocycles. The topological polar surface area (TPSA) is 73.2 Å². The van der Waals surface area contributed by atoms with Crippen molar-refractivity contribution in [1.29, 1.82) is 0 Å². The summed E-state index contributed by atoms with van der Waals surface area (Å²) in [5, 5.41) is 4.00. The zero-order valence-electron chi connectivity index (χ0n) is 11.7. The van der Waals surface area contributed by atoms with E-state index in [9.17, 15) is 12.8 Å². The van der Waals surface area contributed by atoms with Crippen LogP contribution in [0.2, 0.25) is 0 Å². The van der Waals surface area contributed by atoms with Gasteiger partial charge in [-0.25, -0.2) is 17.5 Å². The molecule has 1 N–H and O–H groups in total. The first-order valence-electron chi connectivity index (χ1n) is 6.23. The smallest absolute Gasteiger partial charge is 0.240 e. The lowest BCUT2D eigenvalue weighted by atomic mass is 10.3. The van der Waals surface area contributed by atoms with Crippen molar-refractivity contribution in [2.75, 3.05) is 13.7 Å². The number of rotatable bonds is 6. The molecule has 0 saturated carbocycles. The second-order valence-corrected chi connectivity index (χ2v) is 6.23. The molecule has 0 fully saturated rings. The molecule has 21 heavy (non-hydrogen) atoms. The van der Waals surface area contributed by atoms with Crippen LogP contribution in [0.5, 0.6) is 5.75 Å². The Labute approximate surface area is 122 Å². The van der Waals surface area contributed by atoms with Crippen LogP contribution in [-0.2, 0) is 23.5 Å². The van der Waals surface area contributed by atoms with Crippen LogP contribution in [0.1, 0.15) is 5.56 Å². The van der Waals surface area contributed by atoms with Crippen LogP contribution in [-0.4, -0.2) is 31.9 Å². The molecule has 1 aromatic heterocycles. The third-order valence-electron chi connectivity index (χ3n) is 2.90. The second kappa shape index (κ2) is 6.23. The molecule has 0 unspecified atom stereocenters. The Bertz CT molecular complexity index is 728.